The number of anilines is 1. The minimum absolute atomic E-state index is 0.00602. The van der Waals surface area contributed by atoms with Crippen molar-refractivity contribution < 1.29 is 18.6 Å². The van der Waals surface area contributed by atoms with Crippen LogP contribution < -0.4 is 15.0 Å². The molecule has 3 aromatic carbocycles. The van der Waals surface area contributed by atoms with E-state index in [9.17, 15) is 5.11 Å². The maximum Gasteiger partial charge on any atom is 0.319 e. The molecule has 4 aromatic rings. The van der Waals surface area contributed by atoms with Gasteiger partial charge in [0.15, 0.2) is 5.82 Å². The fourth-order valence-electron chi connectivity index (χ4n) is 7.00. The summed E-state index contributed by atoms with van der Waals surface area (Å²) < 4.78 is 39.0. The van der Waals surface area contributed by atoms with Gasteiger partial charge in [0, 0.05) is 36.0 Å². The van der Waals surface area contributed by atoms with Crippen molar-refractivity contribution in [2.75, 3.05) is 38.7 Å². The molecule has 4 fully saturated rings. The van der Waals surface area contributed by atoms with Gasteiger partial charge < -0.3 is 25.0 Å². The summed E-state index contributed by atoms with van der Waals surface area (Å²) in [6.07, 6.45) is 5.90. The maximum absolute atomic E-state index is 16.7. The predicted octanol–water partition coefficient (Wildman–Crippen LogP) is 5.65. The molecule has 0 unspecified atom stereocenters. The molecular weight excluding hydrogens is 536 g/mol. The quantitative estimate of drug-likeness (QED) is 0.265. The average molecular weight is 572 g/mol. The van der Waals surface area contributed by atoms with E-state index in [1.165, 1.54) is 12.1 Å². The van der Waals surface area contributed by atoms with Gasteiger partial charge in [-0.1, -0.05) is 30.3 Å². The number of fused-ring (bicyclic) bond motifs is 5. The first kappa shape index (κ1) is 27.0. The molecule has 1 aliphatic carbocycles. The summed E-state index contributed by atoms with van der Waals surface area (Å²) in [7, 11) is 4.08. The highest BCUT2D eigenvalue weighted by Crippen LogP contribution is 2.47. The number of phenolic OH excluding ortho intramolecular Hbond substituents is 1. The average Bonchev–Trinajstić information content (AvgIpc) is 3.74. The highest BCUT2D eigenvalue weighted by Gasteiger charge is 2.45. The molecule has 9 heteroatoms. The van der Waals surface area contributed by atoms with Crippen LogP contribution in [0.1, 0.15) is 25.7 Å². The Kier molecular flexibility index (Phi) is 6.55. The molecule has 2 N–H and O–H groups in total. The zero-order valence-electron chi connectivity index (χ0n) is 23.9. The van der Waals surface area contributed by atoms with E-state index in [4.69, 9.17) is 9.72 Å². The minimum atomic E-state index is -0.806. The van der Waals surface area contributed by atoms with Crippen LogP contribution in [0.5, 0.6) is 11.8 Å². The minimum Gasteiger partial charge on any atom is -0.508 e. The molecule has 4 aliphatic rings. The lowest BCUT2D eigenvalue weighted by Gasteiger charge is -2.51. The summed E-state index contributed by atoms with van der Waals surface area (Å²) in [5.41, 5.74) is 0.0394. The summed E-state index contributed by atoms with van der Waals surface area (Å²) in [5.74, 6) is -1.17. The van der Waals surface area contributed by atoms with Crippen LogP contribution in [-0.4, -0.2) is 71.9 Å². The molecular formula is C33H35F2N5O2. The lowest BCUT2D eigenvalue weighted by molar-refractivity contribution is 0.183. The van der Waals surface area contributed by atoms with E-state index in [2.05, 4.69) is 26.7 Å². The number of aromatic nitrogens is 2. The Morgan fingerprint density at radius 3 is 2.67 bits per heavy atom. The number of piperidine rings is 2. The zero-order valence-corrected chi connectivity index (χ0v) is 23.9. The van der Waals surface area contributed by atoms with E-state index in [0.29, 0.717) is 28.6 Å². The largest absolute Gasteiger partial charge is 0.508 e. The molecule has 3 atom stereocenters. The normalized spacial score (nSPS) is 22.7. The first-order valence-corrected chi connectivity index (χ1v) is 14.6. The van der Waals surface area contributed by atoms with E-state index < -0.39 is 11.6 Å². The highest BCUT2D eigenvalue weighted by molar-refractivity contribution is 6.01. The van der Waals surface area contributed by atoms with E-state index in [0.717, 1.165) is 38.8 Å². The van der Waals surface area contributed by atoms with Crippen LogP contribution >= 0.6 is 0 Å². The van der Waals surface area contributed by atoms with E-state index in [1.807, 2.05) is 32.3 Å². The van der Waals surface area contributed by atoms with Crippen molar-refractivity contribution in [3.63, 3.8) is 0 Å². The first-order valence-electron chi connectivity index (χ1n) is 14.6. The van der Waals surface area contributed by atoms with Crippen LogP contribution in [0.25, 0.3) is 32.8 Å². The van der Waals surface area contributed by atoms with Crippen molar-refractivity contribution in [1.29, 1.82) is 0 Å². The highest BCUT2D eigenvalue weighted by atomic mass is 19.1. The van der Waals surface area contributed by atoms with Gasteiger partial charge in [-0.3, -0.25) is 0 Å². The van der Waals surface area contributed by atoms with Crippen LogP contribution in [0, 0.1) is 17.0 Å². The monoisotopic (exact) mass is 571 g/mol. The van der Waals surface area contributed by atoms with E-state index >= 15 is 8.78 Å². The van der Waals surface area contributed by atoms with Crippen molar-refractivity contribution in [2.45, 2.75) is 43.8 Å². The summed E-state index contributed by atoms with van der Waals surface area (Å²) in [6, 6.07) is 11.8. The number of rotatable bonds is 8. The molecule has 3 saturated heterocycles. The van der Waals surface area contributed by atoms with Crippen molar-refractivity contribution in [3.8, 4) is 22.9 Å². The summed E-state index contributed by atoms with van der Waals surface area (Å²) in [4.78, 5) is 13.7. The Labute approximate surface area is 243 Å². The van der Waals surface area contributed by atoms with Crippen LogP contribution in [0.2, 0.25) is 0 Å². The number of piperazine rings is 1. The zero-order chi connectivity index (χ0) is 29.2. The molecule has 0 amide bonds. The molecule has 8 rings (SSSR count). The number of nitrogens with one attached hydrogen (secondary N) is 1. The second-order valence-corrected chi connectivity index (χ2v) is 12.4. The predicted molar refractivity (Wildman–Crippen MR) is 161 cm³/mol. The first-order chi connectivity index (χ1) is 20.3. The molecule has 218 valence electrons. The SMILES string of the molecule is C=C[C@@H]1[C@@H]2CC[C@@H](CN2)N1c1nc(OCC2(CN(C)C)CC2)nc2c(F)c(-c3cc(O)cc4ccccc34)c(F)cc12. The number of ether oxygens (including phenoxy) is 1. The third-order valence-corrected chi connectivity index (χ3v) is 9.11. The number of hydrogen-bond donors (Lipinski definition) is 2. The third-order valence-electron chi connectivity index (χ3n) is 9.11. The van der Waals surface area contributed by atoms with Crippen molar-refractivity contribution in [1.82, 2.24) is 20.2 Å². The topological polar surface area (TPSA) is 73.8 Å². The maximum atomic E-state index is 16.7. The molecule has 2 bridgehead atoms. The molecule has 1 saturated carbocycles. The van der Waals surface area contributed by atoms with Gasteiger partial charge in [0.05, 0.1) is 18.2 Å². The molecule has 1 aromatic heterocycles. The Morgan fingerprint density at radius 2 is 1.95 bits per heavy atom. The molecule has 7 nitrogen and oxygen atoms in total. The lowest BCUT2D eigenvalue weighted by Crippen LogP contribution is -2.66. The van der Waals surface area contributed by atoms with Crippen molar-refractivity contribution >= 4 is 27.5 Å². The van der Waals surface area contributed by atoms with Gasteiger partial charge >= 0.3 is 6.01 Å². The number of benzene rings is 3. The Hall–Kier alpha value is -3.82. The standard InChI is InChI=1S/C33H35F2N5O2/c1-4-27-26-10-9-20(16-36-26)40(27)31-24-15-25(34)28(23-14-21(41)13-19-7-5-6-8-22(19)23)29(35)30(24)37-32(38-31)42-18-33(11-12-33)17-39(2)3/h4-8,13-15,20,26-27,36,41H,1,9-12,16-18H2,2-3H3/t20-,26-,27+/m0/s1. The second-order valence-electron chi connectivity index (χ2n) is 12.4. The molecule has 4 heterocycles. The number of aromatic hydroxyl groups is 1. The summed E-state index contributed by atoms with van der Waals surface area (Å²) in [6.45, 7) is 6.12. The van der Waals surface area contributed by atoms with Crippen LogP contribution in [0.4, 0.5) is 14.6 Å². The van der Waals surface area contributed by atoms with Crippen LogP contribution in [0.3, 0.4) is 0 Å². The summed E-state index contributed by atoms with van der Waals surface area (Å²) >= 11 is 0. The van der Waals surface area contributed by atoms with Gasteiger partial charge in [-0.2, -0.15) is 9.97 Å². The van der Waals surface area contributed by atoms with Gasteiger partial charge in [-0.15, -0.1) is 6.58 Å². The summed E-state index contributed by atoms with van der Waals surface area (Å²) in [5, 5.41) is 15.6. The van der Waals surface area contributed by atoms with Crippen LogP contribution in [-0.2, 0) is 0 Å². The van der Waals surface area contributed by atoms with Gasteiger partial charge in [0.2, 0.25) is 0 Å². The third kappa shape index (κ3) is 4.55. The fraction of sp³-hybridized carbons (Fsp3) is 0.394. The molecule has 42 heavy (non-hydrogen) atoms. The van der Waals surface area contributed by atoms with Gasteiger partial charge in [0.25, 0.3) is 0 Å². The fourth-order valence-corrected chi connectivity index (χ4v) is 7.00. The lowest BCUT2D eigenvalue weighted by atomic mass is 9.86. The van der Waals surface area contributed by atoms with Gasteiger partial charge in [0.1, 0.15) is 22.9 Å². The van der Waals surface area contributed by atoms with E-state index in [-0.39, 0.29) is 51.9 Å². The Morgan fingerprint density at radius 1 is 1.14 bits per heavy atom. The van der Waals surface area contributed by atoms with Crippen molar-refractivity contribution in [3.05, 3.63) is 66.8 Å². The molecule has 0 radical (unpaired) electrons. The smallest absolute Gasteiger partial charge is 0.319 e. The molecule has 3 aliphatic heterocycles. The number of hydrogen-bond acceptors (Lipinski definition) is 7. The second kappa shape index (κ2) is 10.2. The number of phenols is 1. The van der Waals surface area contributed by atoms with Gasteiger partial charge in [-0.25, -0.2) is 8.78 Å². The van der Waals surface area contributed by atoms with Crippen molar-refractivity contribution in [2.24, 2.45) is 5.41 Å². The number of halogens is 2. The van der Waals surface area contributed by atoms with Crippen LogP contribution in [0.15, 0.2) is 55.1 Å². The number of nitrogens with zero attached hydrogens (tertiary/aromatic N) is 4. The molecule has 0 spiro atoms. The van der Waals surface area contributed by atoms with E-state index in [1.54, 1.807) is 18.2 Å². The Bertz CT molecular complexity index is 1700. The van der Waals surface area contributed by atoms with Gasteiger partial charge in [-0.05, 0) is 74.3 Å². The Balaban J connectivity index is 1.42.